The van der Waals surface area contributed by atoms with Crippen LogP contribution in [0.25, 0.3) is 0 Å². The van der Waals surface area contributed by atoms with Crippen molar-refractivity contribution in [2.75, 3.05) is 19.7 Å². The van der Waals surface area contributed by atoms with Crippen LogP contribution in [0.3, 0.4) is 0 Å². The summed E-state index contributed by atoms with van der Waals surface area (Å²) in [7, 11) is 0. The summed E-state index contributed by atoms with van der Waals surface area (Å²) in [6.45, 7) is 4.31. The second kappa shape index (κ2) is 9.20. The molecular weight excluding hydrogens is 444 g/mol. The summed E-state index contributed by atoms with van der Waals surface area (Å²) in [4.78, 5) is 4.59. The summed E-state index contributed by atoms with van der Waals surface area (Å²) in [6, 6.07) is 5.02. The van der Waals surface area contributed by atoms with Gasteiger partial charge in [-0.15, -0.1) is 24.0 Å². The average Bonchev–Trinajstić information content (AvgIpc) is 3.06. The standard InChI is InChI=1S/C17H23ClFN3O.HI/c1-2-20-17(21-10-11-5-4-8-23-11)22-15-9-12(15)16-13(18)6-3-7-14(16)19;/h3,6-7,11-12,15H,2,4-5,8-10H2,1H3,(H2,20,21,22);1H. The number of aliphatic imine (C=N–C) groups is 1. The van der Waals surface area contributed by atoms with Crippen LogP contribution >= 0.6 is 35.6 Å². The fourth-order valence-corrected chi connectivity index (χ4v) is 3.32. The molecule has 1 aliphatic heterocycles. The Labute approximate surface area is 164 Å². The molecule has 0 radical (unpaired) electrons. The lowest BCUT2D eigenvalue weighted by Crippen LogP contribution is -2.39. The second-order valence-corrected chi connectivity index (χ2v) is 6.49. The van der Waals surface area contributed by atoms with E-state index >= 15 is 0 Å². The van der Waals surface area contributed by atoms with Crippen LogP contribution in [0.15, 0.2) is 23.2 Å². The van der Waals surface area contributed by atoms with Crippen molar-refractivity contribution in [1.82, 2.24) is 10.6 Å². The molecule has 2 N–H and O–H groups in total. The fraction of sp³-hybridized carbons (Fsp3) is 0.588. The molecule has 0 amide bonds. The van der Waals surface area contributed by atoms with Gasteiger partial charge in [0.25, 0.3) is 0 Å². The summed E-state index contributed by atoms with van der Waals surface area (Å²) in [5, 5.41) is 7.11. The molecule has 2 aliphatic rings. The normalized spacial score (nSPS) is 26.0. The molecule has 3 rings (SSSR count). The van der Waals surface area contributed by atoms with E-state index in [0.29, 0.717) is 17.1 Å². The van der Waals surface area contributed by atoms with E-state index in [0.717, 1.165) is 38.4 Å². The van der Waals surface area contributed by atoms with Crippen molar-refractivity contribution in [2.24, 2.45) is 4.99 Å². The van der Waals surface area contributed by atoms with Gasteiger partial charge < -0.3 is 15.4 Å². The summed E-state index contributed by atoms with van der Waals surface area (Å²) >= 11 is 6.14. The second-order valence-electron chi connectivity index (χ2n) is 6.08. The zero-order valence-electron chi connectivity index (χ0n) is 13.7. The molecule has 3 unspecified atom stereocenters. The maximum Gasteiger partial charge on any atom is 0.191 e. The fourth-order valence-electron chi connectivity index (χ4n) is 3.02. The maximum absolute atomic E-state index is 14.0. The van der Waals surface area contributed by atoms with Gasteiger partial charge in [-0.1, -0.05) is 17.7 Å². The first kappa shape index (κ1) is 19.7. The molecule has 134 valence electrons. The number of nitrogens with zero attached hydrogens (tertiary/aromatic N) is 1. The molecular formula is C17H24ClFIN3O. The maximum atomic E-state index is 14.0. The molecule has 1 aromatic carbocycles. The van der Waals surface area contributed by atoms with Gasteiger partial charge in [0.05, 0.1) is 12.6 Å². The molecule has 0 bridgehead atoms. The van der Waals surface area contributed by atoms with E-state index in [4.69, 9.17) is 16.3 Å². The predicted molar refractivity (Wildman–Crippen MR) is 106 cm³/mol. The number of hydrogen-bond donors (Lipinski definition) is 2. The zero-order chi connectivity index (χ0) is 16.2. The molecule has 24 heavy (non-hydrogen) atoms. The van der Waals surface area contributed by atoms with Crippen LogP contribution in [0, 0.1) is 5.82 Å². The minimum atomic E-state index is -0.229. The predicted octanol–water partition coefficient (Wildman–Crippen LogP) is 3.69. The van der Waals surface area contributed by atoms with Crippen molar-refractivity contribution >= 4 is 41.5 Å². The van der Waals surface area contributed by atoms with Gasteiger partial charge in [0.1, 0.15) is 5.82 Å². The lowest BCUT2D eigenvalue weighted by atomic mass is 10.1. The Hall–Kier alpha value is -0.600. The van der Waals surface area contributed by atoms with Crippen molar-refractivity contribution in [3.8, 4) is 0 Å². The van der Waals surface area contributed by atoms with E-state index in [1.54, 1.807) is 12.1 Å². The quantitative estimate of drug-likeness (QED) is 0.394. The van der Waals surface area contributed by atoms with E-state index in [1.165, 1.54) is 6.07 Å². The Bertz CT molecular complexity index is 561. The van der Waals surface area contributed by atoms with E-state index in [-0.39, 0.29) is 47.9 Å². The van der Waals surface area contributed by atoms with Crippen molar-refractivity contribution in [2.45, 2.75) is 44.2 Å². The van der Waals surface area contributed by atoms with E-state index < -0.39 is 0 Å². The van der Waals surface area contributed by atoms with Crippen LogP contribution in [-0.2, 0) is 4.74 Å². The topological polar surface area (TPSA) is 45.7 Å². The first-order valence-corrected chi connectivity index (χ1v) is 8.67. The van der Waals surface area contributed by atoms with Gasteiger partial charge in [-0.2, -0.15) is 0 Å². The summed E-state index contributed by atoms with van der Waals surface area (Å²) < 4.78 is 19.6. The van der Waals surface area contributed by atoms with E-state index in [9.17, 15) is 4.39 Å². The highest BCUT2D eigenvalue weighted by Gasteiger charge is 2.41. The van der Waals surface area contributed by atoms with Crippen molar-refractivity contribution in [3.63, 3.8) is 0 Å². The largest absolute Gasteiger partial charge is 0.376 e. The van der Waals surface area contributed by atoms with E-state index in [1.807, 2.05) is 6.92 Å². The van der Waals surface area contributed by atoms with Gasteiger partial charge in [0.2, 0.25) is 0 Å². The summed E-state index contributed by atoms with van der Waals surface area (Å²) in [6.07, 6.45) is 3.27. The Kier molecular flexibility index (Phi) is 7.56. The molecule has 2 fully saturated rings. The first-order valence-electron chi connectivity index (χ1n) is 8.29. The van der Waals surface area contributed by atoms with Gasteiger partial charge in [-0.25, -0.2) is 4.39 Å². The van der Waals surface area contributed by atoms with Gasteiger partial charge in [-0.05, 0) is 38.3 Å². The third-order valence-electron chi connectivity index (χ3n) is 4.30. The summed E-state index contributed by atoms with van der Waals surface area (Å²) in [5.74, 6) is 0.645. The Balaban J connectivity index is 0.00000208. The third-order valence-corrected chi connectivity index (χ3v) is 4.63. The molecule has 0 aromatic heterocycles. The van der Waals surface area contributed by atoms with E-state index in [2.05, 4.69) is 15.6 Å². The molecule has 4 nitrogen and oxygen atoms in total. The number of nitrogens with one attached hydrogen (secondary N) is 2. The number of rotatable bonds is 5. The molecule has 3 atom stereocenters. The summed E-state index contributed by atoms with van der Waals surface area (Å²) in [5.41, 5.74) is 0.613. The number of halogens is 3. The minimum Gasteiger partial charge on any atom is -0.376 e. The van der Waals surface area contributed by atoms with Gasteiger partial charge in [-0.3, -0.25) is 4.99 Å². The highest BCUT2D eigenvalue weighted by Crippen LogP contribution is 2.44. The molecule has 1 aliphatic carbocycles. The number of guanidine groups is 1. The van der Waals surface area contributed by atoms with Crippen molar-refractivity contribution < 1.29 is 9.13 Å². The number of hydrogen-bond acceptors (Lipinski definition) is 2. The SMILES string of the molecule is CCNC(=NCC1CCCO1)NC1CC1c1c(F)cccc1Cl.I. The lowest BCUT2D eigenvalue weighted by molar-refractivity contribution is 0.117. The highest BCUT2D eigenvalue weighted by atomic mass is 127. The number of benzene rings is 1. The lowest BCUT2D eigenvalue weighted by Gasteiger charge is -2.13. The van der Waals surface area contributed by atoms with Crippen LogP contribution in [0.4, 0.5) is 4.39 Å². The molecule has 1 heterocycles. The molecule has 1 saturated carbocycles. The van der Waals surface area contributed by atoms with Crippen LogP contribution in [0.1, 0.15) is 37.7 Å². The highest BCUT2D eigenvalue weighted by molar-refractivity contribution is 14.0. The van der Waals surface area contributed by atoms with Crippen LogP contribution in [-0.4, -0.2) is 37.8 Å². The molecule has 1 saturated heterocycles. The molecule has 7 heteroatoms. The monoisotopic (exact) mass is 467 g/mol. The minimum absolute atomic E-state index is 0. The number of ether oxygens (including phenoxy) is 1. The van der Waals surface area contributed by atoms with Crippen molar-refractivity contribution in [3.05, 3.63) is 34.6 Å². The Morgan fingerprint density at radius 1 is 1.46 bits per heavy atom. The van der Waals surface area contributed by atoms with Crippen LogP contribution in [0.5, 0.6) is 0 Å². The Morgan fingerprint density at radius 3 is 2.96 bits per heavy atom. The van der Waals surface area contributed by atoms with Gasteiger partial charge in [0.15, 0.2) is 5.96 Å². The van der Waals surface area contributed by atoms with Crippen LogP contribution in [0.2, 0.25) is 5.02 Å². The first-order chi connectivity index (χ1) is 11.2. The molecule has 1 aromatic rings. The smallest absolute Gasteiger partial charge is 0.191 e. The molecule has 0 spiro atoms. The Morgan fingerprint density at radius 2 is 2.29 bits per heavy atom. The third kappa shape index (κ3) is 4.95. The zero-order valence-corrected chi connectivity index (χ0v) is 16.8. The van der Waals surface area contributed by atoms with Gasteiger partial charge >= 0.3 is 0 Å². The van der Waals surface area contributed by atoms with Gasteiger partial charge in [0, 0.05) is 35.7 Å². The van der Waals surface area contributed by atoms with Crippen LogP contribution < -0.4 is 10.6 Å². The van der Waals surface area contributed by atoms with Crippen molar-refractivity contribution in [1.29, 1.82) is 0 Å². The average molecular weight is 468 g/mol.